The second kappa shape index (κ2) is 10.2. The minimum Gasteiger partial charge on any atom is -0.481 e. The van der Waals surface area contributed by atoms with Gasteiger partial charge in [-0.25, -0.2) is 0 Å². The Morgan fingerprint density at radius 1 is 1.25 bits per heavy atom. The number of carbonyl (C=O) groups excluding carboxylic acids is 2. The molecule has 172 valence electrons. The van der Waals surface area contributed by atoms with Crippen LogP contribution in [0.4, 0.5) is 0 Å². The molecule has 8 heteroatoms. The van der Waals surface area contributed by atoms with Crippen LogP contribution in [-0.4, -0.2) is 53.3 Å². The highest BCUT2D eigenvalue weighted by molar-refractivity contribution is 5.91. The van der Waals surface area contributed by atoms with Crippen molar-refractivity contribution < 1.29 is 24.2 Å². The highest BCUT2D eigenvalue weighted by Crippen LogP contribution is 2.33. The van der Waals surface area contributed by atoms with E-state index < -0.39 is 17.9 Å². The predicted octanol–water partition coefficient (Wildman–Crippen LogP) is 2.10. The zero-order valence-electron chi connectivity index (χ0n) is 18.2. The SMILES string of the molecule is O=C(O)C[C@@H](CC1CCC1)C(=O)N[C@H]1Cc2cn(c3ccccc23)CCOCCNC1=O. The number of nitrogens with zero attached hydrogens (tertiary/aromatic N) is 1. The molecular formula is C24H31N3O5. The minimum absolute atomic E-state index is 0.218. The summed E-state index contributed by atoms with van der Waals surface area (Å²) in [6.07, 6.45) is 5.90. The number of para-hydroxylation sites is 1. The van der Waals surface area contributed by atoms with Crippen molar-refractivity contribution in [1.29, 1.82) is 0 Å². The third-order valence-electron chi connectivity index (χ3n) is 6.58. The highest BCUT2D eigenvalue weighted by Gasteiger charge is 2.31. The molecule has 0 radical (unpaired) electrons. The normalized spacial score (nSPS) is 21.0. The van der Waals surface area contributed by atoms with Crippen LogP contribution in [0, 0.1) is 11.8 Å². The molecule has 1 fully saturated rings. The van der Waals surface area contributed by atoms with Crippen molar-refractivity contribution in [2.45, 2.75) is 51.1 Å². The number of benzene rings is 1. The summed E-state index contributed by atoms with van der Waals surface area (Å²) in [5.74, 6) is -1.86. The van der Waals surface area contributed by atoms with Gasteiger partial charge in [0.1, 0.15) is 6.04 Å². The largest absolute Gasteiger partial charge is 0.481 e. The zero-order valence-corrected chi connectivity index (χ0v) is 18.2. The standard InChI is InChI=1S/C24H31N3O5/c28-22(29)14-17(12-16-4-3-5-16)23(30)26-20-13-18-15-27(21-7-2-1-6-19(18)21)9-11-32-10-8-25-24(20)31/h1-2,6-7,15-17,20H,3-5,8-14H2,(H,25,31)(H,26,30)(H,28,29)/t17-,20+/m1/s1. The van der Waals surface area contributed by atoms with E-state index in [2.05, 4.69) is 15.2 Å². The molecule has 1 saturated carbocycles. The summed E-state index contributed by atoms with van der Waals surface area (Å²) in [4.78, 5) is 37.4. The number of fused-ring (bicyclic) bond motifs is 5. The second-order valence-corrected chi connectivity index (χ2v) is 8.86. The molecule has 2 amide bonds. The van der Waals surface area contributed by atoms with Gasteiger partial charge in [-0.2, -0.15) is 0 Å². The zero-order chi connectivity index (χ0) is 22.5. The Labute approximate surface area is 187 Å². The summed E-state index contributed by atoms with van der Waals surface area (Å²) in [7, 11) is 0. The fourth-order valence-electron chi connectivity index (χ4n) is 4.65. The first-order chi connectivity index (χ1) is 15.5. The molecule has 32 heavy (non-hydrogen) atoms. The Morgan fingerprint density at radius 2 is 2.06 bits per heavy atom. The number of carbonyl (C=O) groups is 3. The van der Waals surface area contributed by atoms with Crippen molar-refractivity contribution in [2.75, 3.05) is 19.8 Å². The van der Waals surface area contributed by atoms with E-state index in [1.54, 1.807) is 0 Å². The molecule has 2 atom stereocenters. The molecular weight excluding hydrogens is 410 g/mol. The van der Waals surface area contributed by atoms with Crippen molar-refractivity contribution in [1.82, 2.24) is 15.2 Å². The molecule has 4 rings (SSSR count). The maximum atomic E-state index is 13.1. The molecule has 1 aromatic carbocycles. The fraction of sp³-hybridized carbons (Fsp3) is 0.542. The second-order valence-electron chi connectivity index (χ2n) is 8.86. The first-order valence-electron chi connectivity index (χ1n) is 11.5. The van der Waals surface area contributed by atoms with Gasteiger partial charge >= 0.3 is 5.97 Å². The van der Waals surface area contributed by atoms with E-state index in [0.29, 0.717) is 45.1 Å². The van der Waals surface area contributed by atoms with Crippen LogP contribution >= 0.6 is 0 Å². The number of aromatic nitrogens is 1. The number of carboxylic acids is 1. The number of amides is 2. The molecule has 1 aliphatic carbocycles. The molecule has 1 aromatic heterocycles. The fourth-order valence-corrected chi connectivity index (χ4v) is 4.65. The van der Waals surface area contributed by atoms with Gasteiger partial charge in [-0.1, -0.05) is 37.5 Å². The molecule has 2 bridgehead atoms. The first kappa shape index (κ1) is 22.3. The number of nitrogens with one attached hydrogen (secondary N) is 2. The summed E-state index contributed by atoms with van der Waals surface area (Å²) >= 11 is 0. The minimum atomic E-state index is -0.993. The van der Waals surface area contributed by atoms with E-state index in [1.807, 2.05) is 30.5 Å². The van der Waals surface area contributed by atoms with Crippen LogP contribution in [0.2, 0.25) is 0 Å². The lowest BCUT2D eigenvalue weighted by Crippen LogP contribution is -2.50. The average Bonchev–Trinajstić information content (AvgIpc) is 3.08. The number of hydrogen-bond acceptors (Lipinski definition) is 4. The van der Waals surface area contributed by atoms with E-state index in [4.69, 9.17) is 4.74 Å². The molecule has 1 aliphatic heterocycles. The van der Waals surface area contributed by atoms with Gasteiger partial charge < -0.3 is 25.0 Å². The molecule has 3 N–H and O–H groups in total. The van der Waals surface area contributed by atoms with Crippen LogP contribution in [0.1, 0.15) is 37.7 Å². The molecule has 0 unspecified atom stereocenters. The van der Waals surface area contributed by atoms with Gasteiger partial charge in [0.25, 0.3) is 0 Å². The van der Waals surface area contributed by atoms with Crippen LogP contribution in [0.25, 0.3) is 10.9 Å². The molecule has 2 aliphatic rings. The van der Waals surface area contributed by atoms with Gasteiger partial charge in [-0.05, 0) is 24.0 Å². The number of hydrogen-bond donors (Lipinski definition) is 3. The maximum absolute atomic E-state index is 13.1. The summed E-state index contributed by atoms with van der Waals surface area (Å²) in [5.41, 5.74) is 2.03. The summed E-state index contributed by atoms with van der Waals surface area (Å²) in [5, 5.41) is 16.1. The van der Waals surface area contributed by atoms with Crippen molar-refractivity contribution in [3.05, 3.63) is 36.0 Å². The van der Waals surface area contributed by atoms with Crippen molar-refractivity contribution in [3.8, 4) is 0 Å². The van der Waals surface area contributed by atoms with Gasteiger partial charge in [0.05, 0.1) is 19.6 Å². The number of ether oxygens (including phenoxy) is 1. The molecule has 2 aromatic rings. The van der Waals surface area contributed by atoms with Gasteiger partial charge in [0.15, 0.2) is 0 Å². The van der Waals surface area contributed by atoms with Crippen molar-refractivity contribution in [3.63, 3.8) is 0 Å². The summed E-state index contributed by atoms with van der Waals surface area (Å²) in [6.45, 7) is 2.00. The number of carboxylic acid groups (broad SMARTS) is 1. The van der Waals surface area contributed by atoms with E-state index in [1.165, 1.54) is 0 Å². The summed E-state index contributed by atoms with van der Waals surface area (Å²) in [6, 6.07) is 7.21. The molecule has 8 nitrogen and oxygen atoms in total. The van der Waals surface area contributed by atoms with E-state index in [-0.39, 0.29) is 18.2 Å². The van der Waals surface area contributed by atoms with Crippen molar-refractivity contribution in [2.24, 2.45) is 11.8 Å². The molecule has 0 spiro atoms. The Hall–Kier alpha value is -2.87. The van der Waals surface area contributed by atoms with E-state index in [9.17, 15) is 19.5 Å². The predicted molar refractivity (Wildman–Crippen MR) is 119 cm³/mol. The Bertz CT molecular complexity index is 981. The quantitative estimate of drug-likeness (QED) is 0.636. The lowest BCUT2D eigenvalue weighted by Gasteiger charge is -2.29. The lowest BCUT2D eigenvalue weighted by molar-refractivity contribution is -0.142. The number of rotatable bonds is 6. The Balaban J connectivity index is 1.57. The third kappa shape index (κ3) is 5.30. The monoisotopic (exact) mass is 441 g/mol. The van der Waals surface area contributed by atoms with E-state index in [0.717, 1.165) is 35.7 Å². The highest BCUT2D eigenvalue weighted by atomic mass is 16.5. The molecule has 2 heterocycles. The third-order valence-corrected chi connectivity index (χ3v) is 6.58. The Kier molecular flexibility index (Phi) is 7.09. The van der Waals surface area contributed by atoms with E-state index >= 15 is 0 Å². The van der Waals surface area contributed by atoms with Crippen LogP contribution in [0.15, 0.2) is 30.5 Å². The van der Waals surface area contributed by atoms with Gasteiger partial charge in [-0.15, -0.1) is 0 Å². The molecule has 0 saturated heterocycles. The topological polar surface area (TPSA) is 110 Å². The van der Waals surface area contributed by atoms with Crippen LogP contribution in [-0.2, 0) is 32.1 Å². The van der Waals surface area contributed by atoms with Crippen LogP contribution in [0.5, 0.6) is 0 Å². The van der Waals surface area contributed by atoms with Gasteiger partial charge in [0.2, 0.25) is 11.8 Å². The average molecular weight is 442 g/mol. The van der Waals surface area contributed by atoms with Crippen LogP contribution in [0.3, 0.4) is 0 Å². The lowest BCUT2D eigenvalue weighted by atomic mass is 9.78. The maximum Gasteiger partial charge on any atom is 0.304 e. The van der Waals surface area contributed by atoms with Gasteiger partial charge in [-0.3, -0.25) is 14.4 Å². The first-order valence-corrected chi connectivity index (χ1v) is 11.5. The number of aliphatic carboxylic acids is 1. The Morgan fingerprint density at radius 3 is 2.81 bits per heavy atom. The van der Waals surface area contributed by atoms with Gasteiger partial charge in [0, 0.05) is 42.5 Å². The van der Waals surface area contributed by atoms with Crippen LogP contribution < -0.4 is 10.6 Å². The smallest absolute Gasteiger partial charge is 0.304 e. The van der Waals surface area contributed by atoms with Crippen molar-refractivity contribution >= 4 is 28.7 Å². The summed E-state index contributed by atoms with van der Waals surface area (Å²) < 4.78 is 7.76.